The first-order chi connectivity index (χ1) is 9.34. The van der Waals surface area contributed by atoms with Crippen molar-refractivity contribution in [2.45, 2.75) is 0 Å². The summed E-state index contributed by atoms with van der Waals surface area (Å²) in [7, 11) is 0. The minimum absolute atomic E-state index is 0. The van der Waals surface area contributed by atoms with E-state index < -0.39 is 0 Å². The van der Waals surface area contributed by atoms with E-state index in [0.29, 0.717) is 0 Å². The topological polar surface area (TPSA) is 12.9 Å². The zero-order valence-corrected chi connectivity index (χ0v) is 14.4. The van der Waals surface area contributed by atoms with Gasteiger partial charge in [-0.05, 0) is 11.8 Å². The summed E-state index contributed by atoms with van der Waals surface area (Å²) in [6.07, 6.45) is 1.79. The molecule has 1 aromatic heterocycles. The van der Waals surface area contributed by atoms with Gasteiger partial charge >= 0.3 is 0 Å². The number of rotatable bonds is 2. The third-order valence-corrected chi connectivity index (χ3v) is 3.58. The summed E-state index contributed by atoms with van der Waals surface area (Å²) < 4.78 is 1.05. The minimum atomic E-state index is 0. The maximum absolute atomic E-state index is 4.34. The molecule has 2 aromatic carbocycles. The van der Waals surface area contributed by atoms with E-state index in [0.717, 1.165) is 21.3 Å². The molecule has 1 heterocycles. The van der Waals surface area contributed by atoms with Crippen molar-refractivity contribution in [2.24, 2.45) is 0 Å². The largest absolute Gasteiger partial charge is 0.305 e. The Kier molecular flexibility index (Phi) is 5.28. The molecule has 0 saturated heterocycles. The molecule has 102 valence electrons. The maximum atomic E-state index is 4.34. The summed E-state index contributed by atoms with van der Waals surface area (Å²) in [6, 6.07) is 23.5. The number of nitrogens with zero attached hydrogens (tertiary/aromatic N) is 1. The van der Waals surface area contributed by atoms with Crippen LogP contribution in [0, 0.1) is 6.07 Å². The van der Waals surface area contributed by atoms with Crippen molar-refractivity contribution >= 4 is 15.9 Å². The van der Waals surface area contributed by atoms with Gasteiger partial charge in [0.1, 0.15) is 0 Å². The number of pyridine rings is 1. The van der Waals surface area contributed by atoms with Crippen molar-refractivity contribution in [2.75, 3.05) is 0 Å². The van der Waals surface area contributed by atoms with E-state index in [2.05, 4.69) is 45.2 Å². The summed E-state index contributed by atoms with van der Waals surface area (Å²) in [4.78, 5) is 4.34. The summed E-state index contributed by atoms with van der Waals surface area (Å²) in [5.74, 6) is 0. The number of halogens is 1. The second kappa shape index (κ2) is 6.97. The SMILES string of the molecule is Brc1cc(-c2ccccn2)[c-]cc1-c1ccccc1.[Pt]. The molecular weight excluding hydrogens is 493 g/mol. The Morgan fingerprint density at radius 3 is 2.35 bits per heavy atom. The average Bonchev–Trinajstić information content (AvgIpc) is 2.49. The molecule has 0 bridgehead atoms. The zero-order chi connectivity index (χ0) is 13.1. The first-order valence-electron chi connectivity index (χ1n) is 6.02. The second-order valence-electron chi connectivity index (χ2n) is 4.19. The van der Waals surface area contributed by atoms with E-state index in [1.54, 1.807) is 6.20 Å². The molecule has 0 saturated carbocycles. The quantitative estimate of drug-likeness (QED) is 0.449. The van der Waals surface area contributed by atoms with Crippen LogP contribution in [0.1, 0.15) is 0 Å². The molecule has 3 rings (SSSR count). The van der Waals surface area contributed by atoms with Crippen molar-refractivity contribution in [1.82, 2.24) is 4.98 Å². The van der Waals surface area contributed by atoms with E-state index in [9.17, 15) is 0 Å². The van der Waals surface area contributed by atoms with Gasteiger partial charge < -0.3 is 4.98 Å². The molecule has 0 N–H and O–H groups in total. The molecular formula is C17H11BrNPt-. The summed E-state index contributed by atoms with van der Waals surface area (Å²) in [5, 5.41) is 0. The molecule has 0 atom stereocenters. The van der Waals surface area contributed by atoms with Gasteiger partial charge in [0.25, 0.3) is 0 Å². The molecule has 0 spiro atoms. The smallest absolute Gasteiger partial charge is 0.0160 e. The van der Waals surface area contributed by atoms with Gasteiger partial charge in [-0.1, -0.05) is 74.0 Å². The van der Waals surface area contributed by atoms with Crippen LogP contribution in [-0.4, -0.2) is 4.98 Å². The predicted molar refractivity (Wildman–Crippen MR) is 81.6 cm³/mol. The first kappa shape index (κ1) is 15.2. The first-order valence-corrected chi connectivity index (χ1v) is 6.82. The third kappa shape index (κ3) is 3.25. The Bertz CT molecular complexity index is 684. The number of hydrogen-bond acceptors (Lipinski definition) is 1. The predicted octanol–water partition coefficient (Wildman–Crippen LogP) is 4.98. The van der Waals surface area contributed by atoms with Gasteiger partial charge in [-0.2, -0.15) is 0 Å². The Morgan fingerprint density at radius 2 is 1.70 bits per heavy atom. The molecule has 0 aliphatic rings. The molecule has 1 nitrogen and oxygen atoms in total. The summed E-state index contributed by atoms with van der Waals surface area (Å²) >= 11 is 3.63. The van der Waals surface area contributed by atoms with Gasteiger partial charge in [0.05, 0.1) is 0 Å². The van der Waals surface area contributed by atoms with Crippen molar-refractivity contribution in [3.05, 3.63) is 77.4 Å². The van der Waals surface area contributed by atoms with E-state index in [1.165, 1.54) is 5.56 Å². The fourth-order valence-corrected chi connectivity index (χ4v) is 2.55. The standard InChI is InChI=1S/C17H11BrN.Pt/c18-16-12-14(17-8-4-5-11-19-17)9-10-15(16)13-6-2-1-3-7-13;/h1-8,10-12H;/q-1;. The molecule has 0 aliphatic heterocycles. The normalized spacial score (nSPS) is 9.85. The molecule has 0 radical (unpaired) electrons. The Hall–Kier alpha value is -1.24. The second-order valence-corrected chi connectivity index (χ2v) is 5.04. The third-order valence-electron chi connectivity index (χ3n) is 2.93. The van der Waals surface area contributed by atoms with Crippen LogP contribution in [0.15, 0.2) is 71.3 Å². The minimum Gasteiger partial charge on any atom is -0.305 e. The number of benzene rings is 2. The van der Waals surface area contributed by atoms with Gasteiger partial charge in [-0.3, -0.25) is 0 Å². The summed E-state index contributed by atoms with van der Waals surface area (Å²) in [5.41, 5.74) is 4.24. The van der Waals surface area contributed by atoms with E-state index >= 15 is 0 Å². The fraction of sp³-hybridized carbons (Fsp3) is 0. The molecule has 20 heavy (non-hydrogen) atoms. The molecule has 0 fully saturated rings. The van der Waals surface area contributed by atoms with Gasteiger partial charge in [-0.25, -0.2) is 0 Å². The van der Waals surface area contributed by atoms with E-state index in [-0.39, 0.29) is 21.1 Å². The molecule has 0 unspecified atom stereocenters. The average molecular weight is 504 g/mol. The van der Waals surface area contributed by atoms with Crippen LogP contribution in [0.25, 0.3) is 22.4 Å². The molecule has 0 amide bonds. The number of aromatic nitrogens is 1. The Labute approximate surface area is 141 Å². The van der Waals surface area contributed by atoms with Crippen LogP contribution in [0.2, 0.25) is 0 Å². The molecule has 3 heteroatoms. The van der Waals surface area contributed by atoms with Crippen LogP contribution in [0.5, 0.6) is 0 Å². The van der Waals surface area contributed by atoms with Gasteiger partial charge in [0, 0.05) is 27.3 Å². The van der Waals surface area contributed by atoms with E-state index in [4.69, 9.17) is 0 Å². The summed E-state index contributed by atoms with van der Waals surface area (Å²) in [6.45, 7) is 0. The van der Waals surface area contributed by atoms with Crippen LogP contribution in [0.3, 0.4) is 0 Å². The molecule has 3 aromatic rings. The zero-order valence-electron chi connectivity index (χ0n) is 10.5. The van der Waals surface area contributed by atoms with Crippen LogP contribution < -0.4 is 0 Å². The van der Waals surface area contributed by atoms with Crippen LogP contribution in [0.4, 0.5) is 0 Å². The van der Waals surface area contributed by atoms with Gasteiger partial charge in [0.2, 0.25) is 0 Å². The van der Waals surface area contributed by atoms with Crippen LogP contribution >= 0.6 is 15.9 Å². The van der Waals surface area contributed by atoms with Gasteiger partial charge in [0.15, 0.2) is 0 Å². The fourth-order valence-electron chi connectivity index (χ4n) is 1.97. The molecule has 0 aliphatic carbocycles. The Balaban J connectivity index is 0.00000147. The number of hydrogen-bond donors (Lipinski definition) is 0. The van der Waals surface area contributed by atoms with Crippen LogP contribution in [-0.2, 0) is 21.1 Å². The van der Waals surface area contributed by atoms with Crippen molar-refractivity contribution in [1.29, 1.82) is 0 Å². The maximum Gasteiger partial charge on any atom is 0.0160 e. The van der Waals surface area contributed by atoms with E-state index in [1.807, 2.05) is 42.5 Å². The van der Waals surface area contributed by atoms with Crippen molar-refractivity contribution in [3.63, 3.8) is 0 Å². The van der Waals surface area contributed by atoms with Gasteiger partial charge in [-0.15, -0.1) is 23.8 Å². The van der Waals surface area contributed by atoms with Crippen molar-refractivity contribution < 1.29 is 21.1 Å². The monoisotopic (exact) mass is 503 g/mol. The van der Waals surface area contributed by atoms with Crippen molar-refractivity contribution in [3.8, 4) is 22.4 Å². The Morgan fingerprint density at radius 1 is 0.950 bits per heavy atom.